The summed E-state index contributed by atoms with van der Waals surface area (Å²) in [5.74, 6) is -0.995. The molecule has 0 amide bonds. The second kappa shape index (κ2) is 2.62. The number of rotatable bonds is 0. The molecule has 0 saturated carbocycles. The van der Waals surface area contributed by atoms with Crippen LogP contribution in [0.3, 0.4) is 0 Å². The van der Waals surface area contributed by atoms with Gasteiger partial charge in [0, 0.05) is 11.8 Å². The van der Waals surface area contributed by atoms with Gasteiger partial charge >= 0.3 is 0 Å². The van der Waals surface area contributed by atoms with Gasteiger partial charge < -0.3 is 0 Å². The van der Waals surface area contributed by atoms with Crippen molar-refractivity contribution in [3.63, 3.8) is 0 Å². The molecule has 3 nitrogen and oxygen atoms in total. The molecule has 0 saturated heterocycles. The number of ketones is 2. The van der Waals surface area contributed by atoms with Gasteiger partial charge in [0.05, 0.1) is 0 Å². The zero-order valence-electron chi connectivity index (χ0n) is 7.07. The maximum atomic E-state index is 11.3. The molecule has 64 valence electrons. The van der Waals surface area contributed by atoms with Crippen LogP contribution >= 0.6 is 0 Å². The molecule has 0 aromatic carbocycles. The number of nitrogens with zero attached hydrogens (tertiary/aromatic N) is 1. The van der Waals surface area contributed by atoms with Crippen molar-refractivity contribution in [1.29, 1.82) is 0 Å². The van der Waals surface area contributed by atoms with E-state index >= 15 is 0 Å². The van der Waals surface area contributed by atoms with Crippen molar-refractivity contribution in [2.24, 2.45) is 0 Å². The molecule has 0 aliphatic heterocycles. The van der Waals surface area contributed by atoms with E-state index in [9.17, 15) is 9.59 Å². The van der Waals surface area contributed by atoms with Gasteiger partial charge in [0.25, 0.3) is 5.78 Å². The van der Waals surface area contributed by atoms with Gasteiger partial charge in [-0.3, -0.25) is 14.6 Å². The van der Waals surface area contributed by atoms with Gasteiger partial charge in [-0.05, 0) is 24.6 Å². The predicted molar refractivity (Wildman–Crippen MR) is 47.2 cm³/mol. The standard InChI is InChI=1S/C10H7NO2/c1-6-5-8(12)10(13)9-7(6)3-2-4-11-9/h2-5H,1H3. The van der Waals surface area contributed by atoms with Crippen molar-refractivity contribution in [3.05, 3.63) is 35.7 Å². The summed E-state index contributed by atoms with van der Waals surface area (Å²) in [4.78, 5) is 26.3. The average Bonchev–Trinajstić information content (AvgIpc) is 2.15. The van der Waals surface area contributed by atoms with Gasteiger partial charge in [-0.2, -0.15) is 0 Å². The zero-order valence-corrected chi connectivity index (χ0v) is 7.07. The highest BCUT2D eigenvalue weighted by Crippen LogP contribution is 2.21. The molecule has 0 radical (unpaired) electrons. The van der Waals surface area contributed by atoms with Gasteiger partial charge in [-0.1, -0.05) is 6.07 Å². The summed E-state index contributed by atoms with van der Waals surface area (Å²) in [7, 11) is 0. The van der Waals surface area contributed by atoms with Gasteiger partial charge in [-0.15, -0.1) is 0 Å². The fourth-order valence-corrected chi connectivity index (χ4v) is 1.36. The number of pyridine rings is 1. The molecule has 0 spiro atoms. The Kier molecular flexibility index (Phi) is 1.59. The first kappa shape index (κ1) is 7.86. The summed E-state index contributed by atoms with van der Waals surface area (Å²) in [6.45, 7) is 1.80. The van der Waals surface area contributed by atoms with E-state index in [1.165, 1.54) is 12.3 Å². The van der Waals surface area contributed by atoms with Crippen LogP contribution in [0.4, 0.5) is 0 Å². The lowest BCUT2D eigenvalue weighted by Gasteiger charge is -2.10. The molecule has 0 N–H and O–H groups in total. The van der Waals surface area contributed by atoms with E-state index in [-0.39, 0.29) is 5.69 Å². The Hall–Kier alpha value is -1.77. The SMILES string of the molecule is CC1=CC(=O)C(=O)c2ncccc21. The van der Waals surface area contributed by atoms with E-state index in [1.807, 2.05) is 0 Å². The highest BCUT2D eigenvalue weighted by atomic mass is 16.2. The van der Waals surface area contributed by atoms with Gasteiger partial charge in [0.2, 0.25) is 5.78 Å². The van der Waals surface area contributed by atoms with Crippen molar-refractivity contribution < 1.29 is 9.59 Å². The monoisotopic (exact) mass is 173 g/mol. The summed E-state index contributed by atoms with van der Waals surface area (Å²) >= 11 is 0. The molecular weight excluding hydrogens is 166 g/mol. The summed E-state index contributed by atoms with van der Waals surface area (Å²) in [6, 6.07) is 3.54. The lowest BCUT2D eigenvalue weighted by atomic mass is 9.94. The van der Waals surface area contributed by atoms with Crippen molar-refractivity contribution in [1.82, 2.24) is 4.98 Å². The average molecular weight is 173 g/mol. The Morgan fingerprint density at radius 3 is 2.85 bits per heavy atom. The summed E-state index contributed by atoms with van der Waals surface area (Å²) in [5.41, 5.74) is 1.83. The number of fused-ring (bicyclic) bond motifs is 1. The minimum absolute atomic E-state index is 0.271. The molecule has 0 atom stereocenters. The van der Waals surface area contributed by atoms with E-state index < -0.39 is 11.6 Å². The minimum atomic E-state index is -0.513. The second-order valence-electron chi connectivity index (χ2n) is 2.92. The molecular formula is C10H7NO2. The number of carbonyl (C=O) groups excluding carboxylic acids is 2. The van der Waals surface area contributed by atoms with Crippen LogP contribution in [0.1, 0.15) is 23.0 Å². The van der Waals surface area contributed by atoms with Crippen molar-refractivity contribution in [2.45, 2.75) is 6.92 Å². The van der Waals surface area contributed by atoms with Crippen molar-refractivity contribution in [2.75, 3.05) is 0 Å². The van der Waals surface area contributed by atoms with Crippen LogP contribution in [0.15, 0.2) is 24.4 Å². The van der Waals surface area contributed by atoms with Crippen molar-refractivity contribution in [3.8, 4) is 0 Å². The summed E-state index contributed by atoms with van der Waals surface area (Å²) < 4.78 is 0. The Morgan fingerprint density at radius 2 is 2.08 bits per heavy atom. The number of allylic oxidation sites excluding steroid dienone is 2. The Morgan fingerprint density at radius 1 is 1.31 bits per heavy atom. The molecule has 13 heavy (non-hydrogen) atoms. The highest BCUT2D eigenvalue weighted by Gasteiger charge is 2.24. The normalized spacial score (nSPS) is 15.3. The van der Waals surface area contributed by atoms with Crippen LogP contribution in [-0.2, 0) is 4.79 Å². The quantitative estimate of drug-likeness (QED) is 0.555. The van der Waals surface area contributed by atoms with Crippen LogP contribution in [0.25, 0.3) is 5.57 Å². The zero-order chi connectivity index (χ0) is 9.42. The van der Waals surface area contributed by atoms with Crippen LogP contribution in [-0.4, -0.2) is 16.6 Å². The van der Waals surface area contributed by atoms with Crippen LogP contribution in [0.2, 0.25) is 0 Å². The third-order valence-electron chi connectivity index (χ3n) is 2.02. The third kappa shape index (κ3) is 1.09. The van der Waals surface area contributed by atoms with Crippen LogP contribution in [0, 0.1) is 0 Å². The lowest BCUT2D eigenvalue weighted by molar-refractivity contribution is -0.111. The largest absolute Gasteiger partial charge is 0.285 e. The van der Waals surface area contributed by atoms with E-state index in [0.717, 1.165) is 11.1 Å². The van der Waals surface area contributed by atoms with E-state index in [1.54, 1.807) is 19.1 Å². The van der Waals surface area contributed by atoms with Gasteiger partial charge in [-0.25, -0.2) is 0 Å². The molecule has 0 fully saturated rings. The van der Waals surface area contributed by atoms with E-state index in [0.29, 0.717) is 0 Å². The Balaban J connectivity index is 2.72. The second-order valence-corrected chi connectivity index (χ2v) is 2.92. The first-order valence-corrected chi connectivity index (χ1v) is 3.92. The number of carbonyl (C=O) groups is 2. The number of aromatic nitrogens is 1. The van der Waals surface area contributed by atoms with Gasteiger partial charge in [0.1, 0.15) is 5.69 Å². The molecule has 1 aliphatic carbocycles. The molecule has 1 heterocycles. The smallest absolute Gasteiger partial charge is 0.251 e. The maximum absolute atomic E-state index is 11.3. The Bertz CT molecular complexity index is 432. The Labute approximate surface area is 75.1 Å². The molecule has 1 aliphatic rings. The first-order chi connectivity index (χ1) is 6.20. The molecule has 0 unspecified atom stereocenters. The van der Waals surface area contributed by atoms with Crippen molar-refractivity contribution >= 4 is 17.1 Å². The number of Topliss-reactive ketones (excluding diaryl/α,β-unsaturated/α-hetero) is 1. The van der Waals surface area contributed by atoms with E-state index in [4.69, 9.17) is 0 Å². The van der Waals surface area contributed by atoms with E-state index in [2.05, 4.69) is 4.98 Å². The summed E-state index contributed by atoms with van der Waals surface area (Å²) in [5, 5.41) is 0. The molecule has 3 heteroatoms. The summed E-state index contributed by atoms with van der Waals surface area (Å²) in [6.07, 6.45) is 2.87. The number of hydrogen-bond donors (Lipinski definition) is 0. The minimum Gasteiger partial charge on any atom is -0.285 e. The van der Waals surface area contributed by atoms with Gasteiger partial charge in [0.15, 0.2) is 0 Å². The fourth-order valence-electron chi connectivity index (χ4n) is 1.36. The fraction of sp³-hybridized carbons (Fsp3) is 0.100. The van der Waals surface area contributed by atoms with Crippen LogP contribution < -0.4 is 0 Å². The predicted octanol–water partition coefficient (Wildman–Crippen LogP) is 1.25. The van der Waals surface area contributed by atoms with Crippen LogP contribution in [0.5, 0.6) is 0 Å². The lowest BCUT2D eigenvalue weighted by Crippen LogP contribution is -2.19. The maximum Gasteiger partial charge on any atom is 0.251 e. The molecule has 2 rings (SSSR count). The molecule has 0 bridgehead atoms. The number of hydrogen-bond acceptors (Lipinski definition) is 3. The third-order valence-corrected chi connectivity index (χ3v) is 2.02. The highest BCUT2D eigenvalue weighted by molar-refractivity contribution is 6.50. The first-order valence-electron chi connectivity index (χ1n) is 3.92. The molecule has 1 aromatic heterocycles. The topological polar surface area (TPSA) is 47.0 Å². The molecule has 1 aromatic rings.